The minimum absolute atomic E-state index is 0.177. The molecule has 0 radical (unpaired) electrons. The molecular weight excluding hydrogens is 380 g/mol. The lowest BCUT2D eigenvalue weighted by molar-refractivity contribution is -0.139. The number of esters is 1. The van der Waals surface area contributed by atoms with Gasteiger partial charge in [-0.2, -0.15) is 0 Å². The molecule has 0 fully saturated rings. The van der Waals surface area contributed by atoms with Crippen molar-refractivity contribution in [2.45, 2.75) is 25.7 Å². The molecule has 0 unspecified atom stereocenters. The summed E-state index contributed by atoms with van der Waals surface area (Å²) in [7, 11) is 0. The molecule has 0 bridgehead atoms. The van der Waals surface area contributed by atoms with Gasteiger partial charge in [0.2, 0.25) is 5.78 Å². The summed E-state index contributed by atoms with van der Waals surface area (Å²) in [4.78, 5) is 29.8. The summed E-state index contributed by atoms with van der Waals surface area (Å²) in [5.74, 6) is -0.429. The topological polar surface area (TPSA) is 61.2 Å². The van der Waals surface area contributed by atoms with Gasteiger partial charge in [0.15, 0.2) is 11.7 Å². The number of hydrogen-bond donors (Lipinski definition) is 0. The maximum Gasteiger partial charge on any atom is 0.316 e. The number of thioether (sulfide) groups is 1. The summed E-state index contributed by atoms with van der Waals surface area (Å²) < 4.78 is 7.12. The lowest BCUT2D eigenvalue weighted by Gasteiger charge is -2.07. The molecule has 0 saturated carbocycles. The second-order valence-corrected chi connectivity index (χ2v) is 7.96. The zero-order valence-corrected chi connectivity index (χ0v) is 17.0. The fourth-order valence-corrected chi connectivity index (χ4v) is 4.36. The van der Waals surface area contributed by atoms with Crippen molar-refractivity contribution in [3.8, 4) is 5.13 Å². The maximum atomic E-state index is 12.5. The SMILES string of the molecule is Cc1ccccc1SCC(=O)OCC(=O)c1cc(C)n(-c2nccs2)c1C. The predicted octanol–water partition coefficient (Wildman–Crippen LogP) is 4.38. The standard InChI is InChI=1S/C20H20N2O3S2/c1-13-6-4-5-7-18(13)27-12-19(24)25-11-17(23)16-10-14(2)22(15(16)3)20-21-8-9-26-20/h4-10H,11-12H2,1-3H3. The third-order valence-corrected chi connectivity index (χ3v) is 6.05. The molecule has 2 heterocycles. The Bertz CT molecular complexity index is 962. The number of ether oxygens (including phenoxy) is 1. The van der Waals surface area contributed by atoms with Crippen LogP contribution in [-0.2, 0) is 9.53 Å². The van der Waals surface area contributed by atoms with Crippen molar-refractivity contribution in [2.24, 2.45) is 0 Å². The molecule has 0 aliphatic heterocycles. The lowest BCUT2D eigenvalue weighted by Crippen LogP contribution is -2.16. The second-order valence-electron chi connectivity index (χ2n) is 6.07. The highest BCUT2D eigenvalue weighted by Gasteiger charge is 2.19. The highest BCUT2D eigenvalue weighted by atomic mass is 32.2. The fraction of sp³-hybridized carbons (Fsp3) is 0.250. The number of carbonyl (C=O) groups excluding carboxylic acids is 2. The Morgan fingerprint density at radius 1 is 1.22 bits per heavy atom. The van der Waals surface area contributed by atoms with Crippen molar-refractivity contribution >= 4 is 34.9 Å². The molecule has 0 amide bonds. The molecule has 3 aromatic rings. The van der Waals surface area contributed by atoms with Gasteiger partial charge in [-0.25, -0.2) is 4.98 Å². The molecule has 5 nitrogen and oxygen atoms in total. The van der Waals surface area contributed by atoms with Gasteiger partial charge < -0.3 is 4.74 Å². The van der Waals surface area contributed by atoms with Crippen molar-refractivity contribution in [1.82, 2.24) is 9.55 Å². The smallest absolute Gasteiger partial charge is 0.316 e. The molecule has 0 saturated heterocycles. The van der Waals surface area contributed by atoms with Crippen LogP contribution in [0.3, 0.4) is 0 Å². The lowest BCUT2D eigenvalue weighted by atomic mass is 10.1. The van der Waals surface area contributed by atoms with E-state index in [2.05, 4.69) is 4.98 Å². The van der Waals surface area contributed by atoms with Crippen molar-refractivity contribution in [3.63, 3.8) is 0 Å². The van der Waals surface area contributed by atoms with E-state index in [9.17, 15) is 9.59 Å². The Morgan fingerprint density at radius 2 is 2.00 bits per heavy atom. The van der Waals surface area contributed by atoms with Crippen LogP contribution in [0, 0.1) is 20.8 Å². The number of benzene rings is 1. The molecule has 0 spiro atoms. The summed E-state index contributed by atoms with van der Waals surface area (Å²) in [5, 5.41) is 2.71. The van der Waals surface area contributed by atoms with E-state index in [0.717, 1.165) is 27.0 Å². The molecule has 1 aromatic carbocycles. The van der Waals surface area contributed by atoms with Crippen molar-refractivity contribution in [1.29, 1.82) is 0 Å². The number of carbonyl (C=O) groups is 2. The van der Waals surface area contributed by atoms with Crippen LogP contribution in [0.4, 0.5) is 0 Å². The van der Waals surface area contributed by atoms with E-state index in [4.69, 9.17) is 4.74 Å². The quantitative estimate of drug-likeness (QED) is 0.335. The summed E-state index contributed by atoms with van der Waals surface area (Å²) in [5.41, 5.74) is 3.40. The zero-order chi connectivity index (χ0) is 19.4. The van der Waals surface area contributed by atoms with E-state index in [1.165, 1.54) is 23.1 Å². The summed E-state index contributed by atoms with van der Waals surface area (Å²) in [6, 6.07) is 9.66. The highest BCUT2D eigenvalue weighted by Crippen LogP contribution is 2.23. The second kappa shape index (κ2) is 8.54. The van der Waals surface area contributed by atoms with Crippen molar-refractivity contribution in [3.05, 3.63) is 64.4 Å². The number of thiazole rings is 1. The van der Waals surface area contributed by atoms with Gasteiger partial charge in [0, 0.05) is 33.4 Å². The van der Waals surface area contributed by atoms with Gasteiger partial charge in [-0.05, 0) is 38.5 Å². The minimum atomic E-state index is -0.398. The van der Waals surface area contributed by atoms with Crippen molar-refractivity contribution < 1.29 is 14.3 Å². The summed E-state index contributed by atoms with van der Waals surface area (Å²) in [6.45, 7) is 5.54. The number of aromatic nitrogens is 2. The Morgan fingerprint density at radius 3 is 2.70 bits per heavy atom. The van der Waals surface area contributed by atoms with Gasteiger partial charge in [-0.1, -0.05) is 18.2 Å². The van der Waals surface area contributed by atoms with Crippen LogP contribution in [-0.4, -0.2) is 33.7 Å². The largest absolute Gasteiger partial charge is 0.457 e. The average Bonchev–Trinajstić information content (AvgIpc) is 3.26. The van der Waals surface area contributed by atoms with E-state index in [0.29, 0.717) is 5.56 Å². The highest BCUT2D eigenvalue weighted by molar-refractivity contribution is 8.00. The van der Waals surface area contributed by atoms with Crippen LogP contribution >= 0.6 is 23.1 Å². The number of hydrogen-bond acceptors (Lipinski definition) is 6. The third-order valence-electron chi connectivity index (χ3n) is 4.15. The van der Waals surface area contributed by atoms with Crippen molar-refractivity contribution in [2.75, 3.05) is 12.4 Å². The Balaban J connectivity index is 1.59. The van der Waals surface area contributed by atoms with E-state index in [1.54, 1.807) is 6.20 Å². The molecule has 0 aliphatic rings. The van der Waals surface area contributed by atoms with E-state index in [1.807, 2.05) is 61.1 Å². The number of ketones is 1. The molecule has 0 atom stereocenters. The van der Waals surface area contributed by atoms with E-state index in [-0.39, 0.29) is 18.1 Å². The monoisotopic (exact) mass is 400 g/mol. The van der Waals surface area contributed by atoms with Gasteiger partial charge in [0.1, 0.15) is 0 Å². The first-order valence-corrected chi connectivity index (χ1v) is 10.3. The molecule has 2 aromatic heterocycles. The molecular formula is C20H20N2O3S2. The fourth-order valence-electron chi connectivity index (χ4n) is 2.79. The molecule has 0 aliphatic carbocycles. The van der Waals surface area contributed by atoms with Crippen LogP contribution in [0.15, 0.2) is 46.8 Å². The van der Waals surface area contributed by atoms with Gasteiger partial charge in [-0.3, -0.25) is 14.2 Å². The van der Waals surface area contributed by atoms with Gasteiger partial charge in [-0.15, -0.1) is 23.1 Å². The minimum Gasteiger partial charge on any atom is -0.457 e. The third kappa shape index (κ3) is 4.48. The van der Waals surface area contributed by atoms with E-state index < -0.39 is 5.97 Å². The molecule has 3 rings (SSSR count). The first kappa shape index (κ1) is 19.4. The summed E-state index contributed by atoms with van der Waals surface area (Å²) >= 11 is 2.92. The Hall–Kier alpha value is -2.38. The number of nitrogens with zero attached hydrogens (tertiary/aromatic N) is 2. The normalized spacial score (nSPS) is 10.8. The van der Waals surface area contributed by atoms with Crippen LogP contribution < -0.4 is 0 Å². The van der Waals surface area contributed by atoms with Gasteiger partial charge >= 0.3 is 5.97 Å². The van der Waals surface area contributed by atoms with Crippen LogP contribution in [0.5, 0.6) is 0 Å². The summed E-state index contributed by atoms with van der Waals surface area (Å²) in [6.07, 6.45) is 1.73. The molecule has 0 N–H and O–H groups in total. The number of aryl methyl sites for hydroxylation is 2. The van der Waals surface area contributed by atoms with Crippen LogP contribution in [0.1, 0.15) is 27.3 Å². The van der Waals surface area contributed by atoms with E-state index >= 15 is 0 Å². The molecule has 140 valence electrons. The molecule has 27 heavy (non-hydrogen) atoms. The predicted molar refractivity (Wildman–Crippen MR) is 108 cm³/mol. The van der Waals surface area contributed by atoms with Crippen LogP contribution in [0.25, 0.3) is 5.13 Å². The average molecular weight is 401 g/mol. The number of rotatable bonds is 7. The molecule has 7 heteroatoms. The maximum absolute atomic E-state index is 12.5. The Labute approximate surface area is 166 Å². The Kier molecular flexibility index (Phi) is 6.13. The first-order valence-electron chi connectivity index (χ1n) is 8.43. The van der Waals surface area contributed by atoms with Crippen LogP contribution in [0.2, 0.25) is 0 Å². The zero-order valence-electron chi connectivity index (χ0n) is 15.4. The van der Waals surface area contributed by atoms with Gasteiger partial charge in [0.25, 0.3) is 0 Å². The number of Topliss-reactive ketones (excluding diaryl/α,β-unsaturated/α-hetero) is 1. The van der Waals surface area contributed by atoms with Gasteiger partial charge in [0.05, 0.1) is 5.75 Å². The first-order chi connectivity index (χ1) is 13.0.